The van der Waals surface area contributed by atoms with E-state index in [2.05, 4.69) is 22.8 Å². The number of nitrogens with two attached hydrogens (primary N) is 1. The molecule has 1 heterocycles. The first-order valence-corrected chi connectivity index (χ1v) is 12.2. The molecule has 0 bridgehead atoms. The summed E-state index contributed by atoms with van der Waals surface area (Å²) in [6.07, 6.45) is 6.88. The van der Waals surface area contributed by atoms with Crippen LogP contribution in [0, 0.1) is 5.82 Å². The van der Waals surface area contributed by atoms with Gasteiger partial charge in [0.1, 0.15) is 5.82 Å². The molecule has 1 saturated carbocycles. The number of benzene rings is 2. The summed E-state index contributed by atoms with van der Waals surface area (Å²) in [5.74, 6) is 0.0819. The second-order valence-corrected chi connectivity index (χ2v) is 9.98. The van der Waals surface area contributed by atoms with E-state index in [0.717, 1.165) is 0 Å². The standard InChI is InChI=1S/C27H33FN4O4.ClH/c1-27(2,29)16-35-17-36-26(34)32-15-23(22-14-20(28)10-13-24(22)32)31-25(33)30-21-11-8-19(9-12-21)18-6-4-3-5-7-18;/h8-15,18H,3-7,16-17,29H2,1-2H3,(H2,30,31,33);1H. The van der Waals surface area contributed by atoms with Crippen LogP contribution in [0.25, 0.3) is 10.9 Å². The molecule has 0 saturated heterocycles. The monoisotopic (exact) mass is 532 g/mol. The lowest BCUT2D eigenvalue weighted by Gasteiger charge is -2.22. The molecule has 8 nitrogen and oxygen atoms in total. The van der Waals surface area contributed by atoms with E-state index in [-0.39, 0.29) is 31.5 Å². The fraction of sp³-hybridized carbons (Fsp3) is 0.407. The summed E-state index contributed by atoms with van der Waals surface area (Å²) < 4.78 is 25.6. The molecule has 0 spiro atoms. The zero-order valence-corrected chi connectivity index (χ0v) is 21.9. The van der Waals surface area contributed by atoms with Crippen molar-refractivity contribution >= 4 is 46.8 Å². The van der Waals surface area contributed by atoms with Gasteiger partial charge >= 0.3 is 12.1 Å². The SMILES string of the molecule is CC(C)(N)COCOC(=O)n1cc(NC(=O)Nc2ccc(C3CCCCC3)cc2)c2cc(F)ccc21.Cl. The second-order valence-electron chi connectivity index (χ2n) is 9.98. The first-order chi connectivity index (χ1) is 17.2. The maximum Gasteiger partial charge on any atom is 0.420 e. The maximum absolute atomic E-state index is 14.0. The van der Waals surface area contributed by atoms with Crippen LogP contribution in [0.5, 0.6) is 0 Å². The highest BCUT2D eigenvalue weighted by Crippen LogP contribution is 2.33. The van der Waals surface area contributed by atoms with Crippen molar-refractivity contribution in [1.82, 2.24) is 4.57 Å². The van der Waals surface area contributed by atoms with Crippen LogP contribution in [-0.2, 0) is 9.47 Å². The summed E-state index contributed by atoms with van der Waals surface area (Å²) in [4.78, 5) is 25.3. The number of amides is 2. The molecule has 200 valence electrons. The normalized spacial score (nSPS) is 14.2. The summed E-state index contributed by atoms with van der Waals surface area (Å²) >= 11 is 0. The Labute approximate surface area is 222 Å². The minimum atomic E-state index is -0.729. The topological polar surface area (TPSA) is 108 Å². The van der Waals surface area contributed by atoms with E-state index < -0.39 is 23.5 Å². The van der Waals surface area contributed by atoms with Crippen LogP contribution in [-0.4, -0.2) is 35.6 Å². The van der Waals surface area contributed by atoms with Gasteiger partial charge in [0, 0.05) is 22.8 Å². The van der Waals surface area contributed by atoms with Gasteiger partial charge in [0.25, 0.3) is 0 Å². The number of urea groups is 1. The van der Waals surface area contributed by atoms with Gasteiger partial charge in [-0.15, -0.1) is 12.4 Å². The number of nitrogens with zero attached hydrogens (tertiary/aromatic N) is 1. The van der Waals surface area contributed by atoms with Crippen molar-refractivity contribution in [3.05, 3.63) is 60.0 Å². The Balaban J connectivity index is 0.00000380. The molecule has 0 radical (unpaired) electrons. The van der Waals surface area contributed by atoms with Crippen molar-refractivity contribution in [3.8, 4) is 0 Å². The van der Waals surface area contributed by atoms with E-state index in [1.165, 1.54) is 66.6 Å². The average molecular weight is 533 g/mol. The highest BCUT2D eigenvalue weighted by molar-refractivity contribution is 6.07. The zero-order chi connectivity index (χ0) is 25.7. The van der Waals surface area contributed by atoms with Crippen LogP contribution in [0.2, 0.25) is 0 Å². The number of carbonyl (C=O) groups excluding carboxylic acids is 2. The van der Waals surface area contributed by atoms with Gasteiger partial charge in [0.2, 0.25) is 0 Å². The molecule has 4 rings (SSSR count). The van der Waals surface area contributed by atoms with Gasteiger partial charge in [0.15, 0.2) is 6.79 Å². The number of ether oxygens (including phenoxy) is 2. The lowest BCUT2D eigenvalue weighted by atomic mass is 9.84. The number of nitrogens with one attached hydrogen (secondary N) is 2. The lowest BCUT2D eigenvalue weighted by Crippen LogP contribution is -2.37. The van der Waals surface area contributed by atoms with Gasteiger partial charge in [0.05, 0.1) is 17.8 Å². The third kappa shape index (κ3) is 7.67. The van der Waals surface area contributed by atoms with Crippen LogP contribution in [0.4, 0.5) is 25.4 Å². The zero-order valence-electron chi connectivity index (χ0n) is 21.1. The van der Waals surface area contributed by atoms with E-state index in [1.54, 1.807) is 13.8 Å². The van der Waals surface area contributed by atoms with Crippen molar-refractivity contribution in [1.29, 1.82) is 0 Å². The molecule has 0 unspecified atom stereocenters. The number of fused-ring (bicyclic) bond motifs is 1. The highest BCUT2D eigenvalue weighted by Gasteiger charge is 2.19. The number of rotatable bonds is 7. The van der Waals surface area contributed by atoms with E-state index in [9.17, 15) is 14.0 Å². The Bertz CT molecular complexity index is 1220. The second kappa shape index (κ2) is 12.4. The fourth-order valence-corrected chi connectivity index (χ4v) is 4.48. The number of hydrogen-bond acceptors (Lipinski definition) is 5. The first-order valence-electron chi connectivity index (χ1n) is 12.2. The summed E-state index contributed by atoms with van der Waals surface area (Å²) in [7, 11) is 0. The van der Waals surface area contributed by atoms with Crippen LogP contribution < -0.4 is 16.4 Å². The predicted octanol–water partition coefficient (Wildman–Crippen LogP) is 6.59. The summed E-state index contributed by atoms with van der Waals surface area (Å²) in [5.41, 5.74) is 7.86. The molecule has 2 aromatic carbocycles. The molecule has 0 atom stereocenters. The molecular weight excluding hydrogens is 499 g/mol. The van der Waals surface area contributed by atoms with Gasteiger partial charge in [-0.05, 0) is 68.5 Å². The molecule has 1 aliphatic carbocycles. The highest BCUT2D eigenvalue weighted by atomic mass is 35.5. The molecule has 1 aromatic heterocycles. The molecule has 1 aliphatic rings. The fourth-order valence-electron chi connectivity index (χ4n) is 4.48. The van der Waals surface area contributed by atoms with Crippen LogP contribution >= 0.6 is 12.4 Å². The number of aromatic nitrogens is 1. The molecule has 37 heavy (non-hydrogen) atoms. The largest absolute Gasteiger partial charge is 0.422 e. The third-order valence-electron chi connectivity index (χ3n) is 6.20. The molecule has 2 amide bonds. The van der Waals surface area contributed by atoms with Crippen molar-refractivity contribution in [3.63, 3.8) is 0 Å². The van der Waals surface area contributed by atoms with Crippen LogP contribution in [0.3, 0.4) is 0 Å². The maximum atomic E-state index is 14.0. The Hall–Kier alpha value is -3.14. The third-order valence-corrected chi connectivity index (χ3v) is 6.20. The Kier molecular flexibility index (Phi) is 9.53. The Morgan fingerprint density at radius 1 is 1.08 bits per heavy atom. The number of anilines is 2. The molecule has 10 heteroatoms. The van der Waals surface area contributed by atoms with Gasteiger partial charge in [-0.3, -0.25) is 4.57 Å². The average Bonchev–Trinajstić information content (AvgIpc) is 3.19. The molecule has 0 aliphatic heterocycles. The molecule has 4 N–H and O–H groups in total. The molecule has 3 aromatic rings. The quantitative estimate of drug-likeness (QED) is 0.235. The van der Waals surface area contributed by atoms with E-state index in [4.69, 9.17) is 15.2 Å². The Morgan fingerprint density at radius 3 is 2.46 bits per heavy atom. The van der Waals surface area contributed by atoms with Crippen molar-refractivity contribution < 1.29 is 23.5 Å². The molecular formula is C27H34ClFN4O4. The minimum absolute atomic E-state index is 0. The first kappa shape index (κ1) is 28.4. The predicted molar refractivity (Wildman–Crippen MR) is 145 cm³/mol. The number of carbonyl (C=O) groups is 2. The van der Waals surface area contributed by atoms with Crippen molar-refractivity contribution in [2.75, 3.05) is 24.0 Å². The summed E-state index contributed by atoms with van der Waals surface area (Å²) in [6.45, 7) is 3.49. The van der Waals surface area contributed by atoms with E-state index >= 15 is 0 Å². The van der Waals surface area contributed by atoms with Gasteiger partial charge in [-0.25, -0.2) is 14.0 Å². The van der Waals surface area contributed by atoms with Gasteiger partial charge in [-0.2, -0.15) is 0 Å². The summed E-state index contributed by atoms with van der Waals surface area (Å²) in [5, 5.41) is 5.86. The van der Waals surface area contributed by atoms with E-state index in [0.29, 0.717) is 22.5 Å². The van der Waals surface area contributed by atoms with Crippen molar-refractivity contribution in [2.45, 2.75) is 57.4 Å². The lowest BCUT2D eigenvalue weighted by molar-refractivity contribution is -0.0284. The van der Waals surface area contributed by atoms with Crippen LogP contribution in [0.1, 0.15) is 57.4 Å². The van der Waals surface area contributed by atoms with Gasteiger partial charge < -0.3 is 25.8 Å². The van der Waals surface area contributed by atoms with E-state index in [1.807, 2.05) is 12.1 Å². The molecule has 1 fully saturated rings. The minimum Gasteiger partial charge on any atom is -0.422 e. The number of hydrogen-bond donors (Lipinski definition) is 3. The number of halogens is 2. The van der Waals surface area contributed by atoms with Gasteiger partial charge in [-0.1, -0.05) is 31.4 Å². The Morgan fingerprint density at radius 2 is 1.78 bits per heavy atom. The van der Waals surface area contributed by atoms with Crippen LogP contribution in [0.15, 0.2) is 48.7 Å². The smallest absolute Gasteiger partial charge is 0.420 e. The van der Waals surface area contributed by atoms with Crippen molar-refractivity contribution in [2.24, 2.45) is 5.73 Å². The summed E-state index contributed by atoms with van der Waals surface area (Å²) in [6, 6.07) is 11.3.